The Kier molecular flexibility index (Phi) is 3.68. The Bertz CT molecular complexity index is 605. The van der Waals surface area contributed by atoms with Gasteiger partial charge in [-0.1, -0.05) is 6.07 Å². The normalized spacial score (nSPS) is 24.0. The van der Waals surface area contributed by atoms with Crippen molar-refractivity contribution in [3.63, 3.8) is 0 Å². The lowest BCUT2D eigenvalue weighted by atomic mass is 9.77. The van der Waals surface area contributed by atoms with E-state index in [1.807, 2.05) is 11.4 Å². The molecule has 0 saturated carbocycles. The van der Waals surface area contributed by atoms with E-state index in [0.717, 1.165) is 0 Å². The quantitative estimate of drug-likeness (QED) is 0.890. The summed E-state index contributed by atoms with van der Waals surface area (Å²) in [6, 6.07) is 3.63. The molecule has 6 nitrogen and oxygen atoms in total. The summed E-state index contributed by atoms with van der Waals surface area (Å²) in [7, 11) is 1.68. The third-order valence-corrected chi connectivity index (χ3v) is 5.87. The molecule has 2 amide bonds. The van der Waals surface area contributed by atoms with Crippen LogP contribution in [0.15, 0.2) is 17.5 Å². The Labute approximate surface area is 132 Å². The maximum Gasteiger partial charge on any atom is 0.309 e. The molecule has 1 spiro atoms. The first kappa shape index (κ1) is 15.0. The SMILES string of the molecule is CN1C(=O)C[C@H](C(=O)O)C12CCN(C(=O)c1cccs1)CC2. The van der Waals surface area contributed by atoms with Crippen LogP contribution < -0.4 is 0 Å². The van der Waals surface area contributed by atoms with Gasteiger partial charge in [-0.2, -0.15) is 0 Å². The molecule has 0 radical (unpaired) electrons. The van der Waals surface area contributed by atoms with Crippen LogP contribution in [-0.4, -0.2) is 58.4 Å². The molecule has 2 fully saturated rings. The second-order valence-electron chi connectivity index (χ2n) is 5.92. The van der Waals surface area contributed by atoms with Crippen molar-refractivity contribution in [2.24, 2.45) is 5.92 Å². The number of carbonyl (C=O) groups excluding carboxylic acids is 2. The van der Waals surface area contributed by atoms with Crippen LogP contribution in [0.2, 0.25) is 0 Å². The van der Waals surface area contributed by atoms with Crippen LogP contribution in [0.5, 0.6) is 0 Å². The summed E-state index contributed by atoms with van der Waals surface area (Å²) >= 11 is 1.40. The lowest BCUT2D eigenvalue weighted by molar-refractivity contribution is -0.145. The molecular weight excluding hydrogens is 304 g/mol. The van der Waals surface area contributed by atoms with Crippen molar-refractivity contribution >= 4 is 29.1 Å². The minimum absolute atomic E-state index is 0.0105. The van der Waals surface area contributed by atoms with Crippen LogP contribution >= 0.6 is 11.3 Å². The average Bonchev–Trinajstić information content (AvgIpc) is 3.11. The van der Waals surface area contributed by atoms with Gasteiger partial charge in [0.15, 0.2) is 0 Å². The average molecular weight is 322 g/mol. The van der Waals surface area contributed by atoms with Gasteiger partial charge in [-0.3, -0.25) is 14.4 Å². The highest BCUT2D eigenvalue weighted by Crippen LogP contribution is 2.43. The monoisotopic (exact) mass is 322 g/mol. The summed E-state index contributed by atoms with van der Waals surface area (Å²) in [6.45, 7) is 0.969. The highest BCUT2D eigenvalue weighted by Gasteiger charge is 2.55. The lowest BCUT2D eigenvalue weighted by Crippen LogP contribution is -2.56. The maximum absolute atomic E-state index is 12.4. The first-order chi connectivity index (χ1) is 10.5. The minimum Gasteiger partial charge on any atom is -0.481 e. The number of hydrogen-bond donors (Lipinski definition) is 1. The smallest absolute Gasteiger partial charge is 0.309 e. The topological polar surface area (TPSA) is 77.9 Å². The Morgan fingerprint density at radius 1 is 1.36 bits per heavy atom. The fraction of sp³-hybridized carbons (Fsp3) is 0.533. The molecule has 1 aromatic heterocycles. The highest BCUT2D eigenvalue weighted by atomic mass is 32.1. The second-order valence-corrected chi connectivity index (χ2v) is 6.87. The van der Waals surface area contributed by atoms with Crippen molar-refractivity contribution in [1.29, 1.82) is 0 Å². The Balaban J connectivity index is 1.76. The van der Waals surface area contributed by atoms with Crippen molar-refractivity contribution in [2.75, 3.05) is 20.1 Å². The van der Waals surface area contributed by atoms with E-state index in [1.165, 1.54) is 11.3 Å². The number of carboxylic acid groups (broad SMARTS) is 1. The molecule has 2 aliphatic rings. The van der Waals surface area contributed by atoms with Gasteiger partial charge in [-0.15, -0.1) is 11.3 Å². The molecule has 0 aromatic carbocycles. The maximum atomic E-state index is 12.4. The number of nitrogens with zero attached hydrogens (tertiary/aromatic N) is 2. The number of rotatable bonds is 2. The fourth-order valence-corrected chi connectivity index (χ4v) is 4.33. The molecule has 1 N–H and O–H groups in total. The van der Waals surface area contributed by atoms with Gasteiger partial charge in [0.1, 0.15) is 0 Å². The Morgan fingerprint density at radius 3 is 2.59 bits per heavy atom. The van der Waals surface area contributed by atoms with E-state index in [4.69, 9.17) is 0 Å². The van der Waals surface area contributed by atoms with Crippen molar-refractivity contribution in [1.82, 2.24) is 9.80 Å². The van der Waals surface area contributed by atoms with Gasteiger partial charge in [0.25, 0.3) is 5.91 Å². The summed E-state index contributed by atoms with van der Waals surface area (Å²) in [5.41, 5.74) is -0.644. The Morgan fingerprint density at radius 2 is 2.05 bits per heavy atom. The van der Waals surface area contributed by atoms with Crippen molar-refractivity contribution in [2.45, 2.75) is 24.8 Å². The molecule has 7 heteroatoms. The molecule has 2 aliphatic heterocycles. The van der Waals surface area contributed by atoms with Gasteiger partial charge in [-0.25, -0.2) is 0 Å². The van der Waals surface area contributed by atoms with Gasteiger partial charge in [0, 0.05) is 26.6 Å². The molecule has 118 valence electrons. The summed E-state index contributed by atoms with van der Waals surface area (Å²) in [5, 5.41) is 11.3. The highest BCUT2D eigenvalue weighted by molar-refractivity contribution is 7.12. The Hall–Kier alpha value is -1.89. The predicted octanol–water partition coefficient (Wildman–Crippen LogP) is 1.29. The van der Waals surface area contributed by atoms with E-state index in [2.05, 4.69) is 0 Å². The molecule has 1 atom stereocenters. The summed E-state index contributed by atoms with van der Waals surface area (Å²) in [6.07, 6.45) is 1.09. The summed E-state index contributed by atoms with van der Waals surface area (Å²) < 4.78 is 0. The third kappa shape index (κ3) is 2.20. The number of likely N-dealkylation sites (tertiary alicyclic amines) is 2. The van der Waals surface area contributed by atoms with Gasteiger partial charge in [-0.05, 0) is 24.3 Å². The molecule has 3 rings (SSSR count). The molecule has 0 unspecified atom stereocenters. The van der Waals surface area contributed by atoms with E-state index in [0.29, 0.717) is 30.8 Å². The number of aliphatic carboxylic acids is 1. The number of amides is 2. The van der Waals surface area contributed by atoms with Crippen LogP contribution in [0, 0.1) is 5.92 Å². The third-order valence-electron chi connectivity index (χ3n) is 5.02. The molecule has 22 heavy (non-hydrogen) atoms. The van der Waals surface area contributed by atoms with E-state index in [1.54, 1.807) is 22.9 Å². The molecule has 2 saturated heterocycles. The molecular formula is C15H18N2O4S. The van der Waals surface area contributed by atoms with E-state index < -0.39 is 17.4 Å². The van der Waals surface area contributed by atoms with Crippen LogP contribution in [-0.2, 0) is 9.59 Å². The molecule has 3 heterocycles. The van der Waals surface area contributed by atoms with Gasteiger partial charge in [0.2, 0.25) is 5.91 Å². The van der Waals surface area contributed by atoms with Crippen LogP contribution in [0.25, 0.3) is 0 Å². The predicted molar refractivity (Wildman–Crippen MR) is 80.7 cm³/mol. The van der Waals surface area contributed by atoms with Crippen molar-refractivity contribution in [3.05, 3.63) is 22.4 Å². The minimum atomic E-state index is -0.921. The van der Waals surface area contributed by atoms with Crippen molar-refractivity contribution < 1.29 is 19.5 Å². The van der Waals surface area contributed by atoms with Gasteiger partial charge >= 0.3 is 5.97 Å². The summed E-state index contributed by atoms with van der Waals surface area (Å²) in [5.74, 6) is -1.73. The van der Waals surface area contributed by atoms with E-state index in [9.17, 15) is 19.5 Å². The first-order valence-corrected chi connectivity index (χ1v) is 8.16. The zero-order chi connectivity index (χ0) is 15.9. The zero-order valence-corrected chi connectivity index (χ0v) is 13.1. The van der Waals surface area contributed by atoms with Crippen LogP contribution in [0.4, 0.5) is 0 Å². The second kappa shape index (κ2) is 5.39. The van der Waals surface area contributed by atoms with Gasteiger partial charge < -0.3 is 14.9 Å². The van der Waals surface area contributed by atoms with Crippen molar-refractivity contribution in [3.8, 4) is 0 Å². The number of carboxylic acids is 1. The number of thiophene rings is 1. The largest absolute Gasteiger partial charge is 0.481 e. The molecule has 0 aliphatic carbocycles. The van der Waals surface area contributed by atoms with Crippen LogP contribution in [0.3, 0.4) is 0 Å². The lowest BCUT2D eigenvalue weighted by Gasteiger charge is -2.45. The van der Waals surface area contributed by atoms with E-state index >= 15 is 0 Å². The number of carbonyl (C=O) groups is 3. The molecule has 0 bridgehead atoms. The van der Waals surface area contributed by atoms with E-state index in [-0.39, 0.29) is 18.2 Å². The fourth-order valence-electron chi connectivity index (χ4n) is 3.64. The zero-order valence-electron chi connectivity index (χ0n) is 12.3. The standard InChI is InChI=1S/C15H18N2O4S/c1-16-12(18)9-10(14(20)21)15(16)4-6-17(7-5-15)13(19)11-3-2-8-22-11/h2-3,8,10H,4-7,9H2,1H3,(H,20,21)/t10-/m1/s1. The first-order valence-electron chi connectivity index (χ1n) is 7.28. The molecule has 1 aromatic rings. The van der Waals surface area contributed by atoms with Crippen LogP contribution in [0.1, 0.15) is 28.9 Å². The summed E-state index contributed by atoms with van der Waals surface area (Å²) in [4.78, 5) is 39.9. The number of piperidine rings is 1. The van der Waals surface area contributed by atoms with Gasteiger partial charge in [0.05, 0.1) is 16.3 Å². The number of hydrogen-bond acceptors (Lipinski definition) is 4.